The number of aliphatic hydroxyl groups is 2. The Kier molecular flexibility index (Phi) is 11.0. The van der Waals surface area contributed by atoms with Gasteiger partial charge in [0.1, 0.15) is 17.7 Å². The smallest absolute Gasteiger partial charge is 0.251 e. The lowest BCUT2D eigenvalue weighted by molar-refractivity contribution is -0.142. The molecule has 4 amide bonds. The zero-order valence-electron chi connectivity index (χ0n) is 29.3. The lowest BCUT2D eigenvalue weighted by Gasteiger charge is -2.41. The van der Waals surface area contributed by atoms with E-state index >= 15 is 0 Å². The monoisotopic (exact) mass is 719 g/mol. The summed E-state index contributed by atoms with van der Waals surface area (Å²) in [7, 11) is 0. The minimum atomic E-state index is -1.62. The Balaban J connectivity index is 1.33. The van der Waals surface area contributed by atoms with Crippen LogP contribution in [-0.4, -0.2) is 95.5 Å². The van der Waals surface area contributed by atoms with Gasteiger partial charge in [0.2, 0.25) is 17.7 Å². The van der Waals surface area contributed by atoms with E-state index in [0.29, 0.717) is 30.5 Å². The van der Waals surface area contributed by atoms with Crippen LogP contribution in [-0.2, 0) is 20.0 Å². The molecule has 0 spiro atoms. The van der Waals surface area contributed by atoms with Crippen molar-refractivity contribution in [1.82, 2.24) is 30.5 Å². The minimum Gasteiger partial charge on any atom is -0.384 e. The van der Waals surface area contributed by atoms with Gasteiger partial charge in [-0.25, -0.2) is 4.68 Å². The number of carbonyl (C=O) groups is 4. The molecule has 6 rings (SSSR count). The molecule has 2 saturated heterocycles. The van der Waals surface area contributed by atoms with Crippen LogP contribution in [0.3, 0.4) is 0 Å². The van der Waals surface area contributed by atoms with Crippen LogP contribution in [0.25, 0.3) is 10.8 Å². The molecule has 13 nitrogen and oxygen atoms in total. The molecule has 0 radical (unpaired) electrons. The zero-order valence-corrected chi connectivity index (χ0v) is 30.1. The first kappa shape index (κ1) is 36.8. The van der Waals surface area contributed by atoms with Crippen molar-refractivity contribution in [3.05, 3.63) is 59.9 Å². The van der Waals surface area contributed by atoms with Gasteiger partial charge in [-0.3, -0.25) is 19.2 Å². The second-order valence-corrected chi connectivity index (χ2v) is 16.1. The van der Waals surface area contributed by atoms with Gasteiger partial charge in [0.25, 0.3) is 5.91 Å². The number of nitrogens with two attached hydrogens (primary N) is 1. The van der Waals surface area contributed by atoms with Crippen LogP contribution in [0.5, 0.6) is 0 Å². The van der Waals surface area contributed by atoms with Crippen LogP contribution in [0.4, 0.5) is 0 Å². The maximum Gasteiger partial charge on any atom is 0.251 e. The number of hydrogen-bond acceptors (Lipinski definition) is 9. The quantitative estimate of drug-likeness (QED) is 0.198. The summed E-state index contributed by atoms with van der Waals surface area (Å²) in [4.78, 5) is 56.8. The summed E-state index contributed by atoms with van der Waals surface area (Å²) in [5, 5.41) is 38.0. The van der Waals surface area contributed by atoms with Crippen molar-refractivity contribution in [2.75, 3.05) is 18.1 Å². The highest BCUT2D eigenvalue weighted by Crippen LogP contribution is 2.35. The highest BCUT2D eigenvalue weighted by molar-refractivity contribution is 7.99. The number of carbonyl (C=O) groups excluding carboxylic acids is 4. The Labute approximate surface area is 302 Å². The van der Waals surface area contributed by atoms with E-state index in [4.69, 9.17) is 5.73 Å². The largest absolute Gasteiger partial charge is 0.384 e. The fraction of sp³-hybridized carbons (Fsp3) is 0.568. The molecular weight excluding hydrogens is 671 g/mol. The second-order valence-electron chi connectivity index (χ2n) is 15.0. The number of thioether (sulfide) groups is 1. The van der Waals surface area contributed by atoms with Crippen molar-refractivity contribution in [3.8, 4) is 0 Å². The average molecular weight is 720 g/mol. The van der Waals surface area contributed by atoms with E-state index < -0.39 is 53.1 Å². The van der Waals surface area contributed by atoms with Crippen molar-refractivity contribution >= 4 is 46.2 Å². The fourth-order valence-corrected chi connectivity index (χ4v) is 9.22. The summed E-state index contributed by atoms with van der Waals surface area (Å²) in [6, 6.07) is 10.7. The Morgan fingerprint density at radius 3 is 2.51 bits per heavy atom. The number of nitrogens with zero attached hydrogens (tertiary/aromatic N) is 4. The molecule has 2 aromatic carbocycles. The molecule has 1 aromatic heterocycles. The number of nitrogens with one attached hydrogen (secondary N) is 2. The molecule has 3 unspecified atom stereocenters. The van der Waals surface area contributed by atoms with Crippen LogP contribution in [0.2, 0.25) is 0 Å². The summed E-state index contributed by atoms with van der Waals surface area (Å²) >= 11 is 1.51. The Hall–Kier alpha value is -4.01. The highest BCUT2D eigenvalue weighted by Gasteiger charge is 2.49. The van der Waals surface area contributed by atoms with Crippen molar-refractivity contribution in [2.24, 2.45) is 11.7 Å². The Morgan fingerprint density at radius 2 is 1.82 bits per heavy atom. The second kappa shape index (κ2) is 15.3. The van der Waals surface area contributed by atoms with Gasteiger partial charge < -0.3 is 31.5 Å². The summed E-state index contributed by atoms with van der Waals surface area (Å²) in [5.41, 5.74) is 3.81. The van der Waals surface area contributed by atoms with Gasteiger partial charge in [-0.1, -0.05) is 67.6 Å². The first-order valence-corrected chi connectivity index (χ1v) is 19.1. The summed E-state index contributed by atoms with van der Waals surface area (Å²) in [6.45, 7) is 3.29. The lowest BCUT2D eigenvalue weighted by Crippen LogP contribution is -2.66. The van der Waals surface area contributed by atoms with E-state index in [2.05, 4.69) is 20.9 Å². The number of likely N-dealkylation sites (tertiary alicyclic amines) is 1. The third kappa shape index (κ3) is 8.07. The fourth-order valence-electron chi connectivity index (χ4n) is 7.98. The van der Waals surface area contributed by atoms with Crippen LogP contribution in [0, 0.1) is 5.92 Å². The number of amides is 4. The first-order chi connectivity index (χ1) is 24.4. The number of aliphatic hydroxyl groups excluding tert-OH is 1. The van der Waals surface area contributed by atoms with E-state index in [1.807, 2.05) is 36.4 Å². The van der Waals surface area contributed by atoms with Crippen molar-refractivity contribution < 1.29 is 29.4 Å². The lowest BCUT2D eigenvalue weighted by atomic mass is 9.84. The van der Waals surface area contributed by atoms with Crippen LogP contribution in [0.1, 0.15) is 93.7 Å². The first-order valence-electron chi connectivity index (χ1n) is 18.0. The van der Waals surface area contributed by atoms with Crippen LogP contribution in [0.15, 0.2) is 48.7 Å². The Morgan fingerprint density at radius 1 is 1.08 bits per heavy atom. The zero-order chi connectivity index (χ0) is 36.3. The summed E-state index contributed by atoms with van der Waals surface area (Å²) in [6.07, 6.45) is 6.53. The van der Waals surface area contributed by atoms with E-state index in [9.17, 15) is 29.4 Å². The summed E-state index contributed by atoms with van der Waals surface area (Å²) < 4.78 is 1.56. The Bertz CT molecular complexity index is 1750. The minimum absolute atomic E-state index is 0.0660. The van der Waals surface area contributed by atoms with Gasteiger partial charge in [0, 0.05) is 24.3 Å². The number of hydrogen-bond donors (Lipinski definition) is 5. The molecule has 3 heterocycles. The number of rotatable bonds is 11. The maximum absolute atomic E-state index is 14.8. The molecule has 5 atom stereocenters. The van der Waals surface area contributed by atoms with Gasteiger partial charge in [-0.2, -0.15) is 11.8 Å². The molecule has 274 valence electrons. The van der Waals surface area contributed by atoms with Crippen molar-refractivity contribution in [2.45, 2.75) is 107 Å². The van der Waals surface area contributed by atoms with Gasteiger partial charge in [-0.05, 0) is 67.7 Å². The standard InChI is InChI=1S/C37H49N7O6S/c1-36(2,50)30-20-39-42-44(30)27-19-29(34(48)41-37(31(45)32(38)46)15-8-16-51-22-37)43(21-27)35(49)28(17-23-9-4-3-5-10-23)40-33(47)26-14-13-24-11-6-7-12-25(24)18-26/h6-7,11-14,18,20,23,27-29,31,45,50H,3-5,8-10,15-17,19,21-22H2,1-2H3,(H2,38,46)(H,40,47)(H,41,48)/t27-,28?,29-,31?,37?/m0/s1. The van der Waals surface area contributed by atoms with Gasteiger partial charge in [-0.15, -0.1) is 5.10 Å². The normalized spacial score (nSPS) is 24.2. The number of benzene rings is 2. The molecule has 1 aliphatic carbocycles. The third-order valence-corrected chi connectivity index (χ3v) is 12.1. The number of primary amides is 1. The topological polar surface area (TPSA) is 193 Å². The summed E-state index contributed by atoms with van der Waals surface area (Å²) in [5.74, 6) is -0.927. The van der Waals surface area contributed by atoms with Gasteiger partial charge in [0.05, 0.1) is 23.5 Å². The van der Waals surface area contributed by atoms with Gasteiger partial charge in [0.15, 0.2) is 6.10 Å². The van der Waals surface area contributed by atoms with E-state index in [1.54, 1.807) is 24.6 Å². The van der Waals surface area contributed by atoms with Crippen molar-refractivity contribution in [3.63, 3.8) is 0 Å². The molecule has 2 aliphatic heterocycles. The average Bonchev–Trinajstić information content (AvgIpc) is 3.80. The van der Waals surface area contributed by atoms with Crippen LogP contribution < -0.4 is 16.4 Å². The molecule has 3 aliphatic rings. The highest BCUT2D eigenvalue weighted by atomic mass is 32.2. The third-order valence-electron chi connectivity index (χ3n) is 10.8. The predicted molar refractivity (Wildman–Crippen MR) is 193 cm³/mol. The molecular formula is C37H49N7O6S. The molecule has 6 N–H and O–H groups in total. The molecule has 14 heteroatoms. The maximum atomic E-state index is 14.8. The molecule has 0 bridgehead atoms. The molecule has 1 saturated carbocycles. The van der Waals surface area contributed by atoms with Gasteiger partial charge >= 0.3 is 0 Å². The van der Waals surface area contributed by atoms with Crippen molar-refractivity contribution in [1.29, 1.82) is 0 Å². The predicted octanol–water partition coefficient (Wildman–Crippen LogP) is 2.80. The molecule has 3 fully saturated rings. The van der Waals surface area contributed by atoms with E-state index in [0.717, 1.165) is 48.6 Å². The number of fused-ring (bicyclic) bond motifs is 1. The number of aromatic nitrogens is 3. The van der Waals surface area contributed by atoms with E-state index in [-0.39, 0.29) is 30.5 Å². The van der Waals surface area contributed by atoms with Crippen LogP contribution >= 0.6 is 11.8 Å². The SMILES string of the molecule is CC(C)(O)c1cnnn1[C@H]1C[C@@H](C(=O)NC2(C(O)C(N)=O)CCCSC2)N(C(=O)C(CC2CCCCC2)NC(=O)c2ccc3ccccc3c2)C1. The molecule has 3 aromatic rings. The molecule has 51 heavy (non-hydrogen) atoms. The van der Waals surface area contributed by atoms with E-state index in [1.165, 1.54) is 22.9 Å².